The SMILES string of the molecule is CO[Si](CCCCN)(OC)C(C)N. The average molecular weight is 206 g/mol. The van der Waals surface area contributed by atoms with E-state index in [1.807, 2.05) is 6.92 Å². The van der Waals surface area contributed by atoms with Crippen LogP contribution in [0, 0.1) is 0 Å². The van der Waals surface area contributed by atoms with Crippen molar-refractivity contribution in [3.63, 3.8) is 0 Å². The van der Waals surface area contributed by atoms with Crippen molar-refractivity contribution in [2.45, 2.75) is 31.5 Å². The van der Waals surface area contributed by atoms with Crippen LogP contribution in [0.5, 0.6) is 0 Å². The molecular formula is C8H22N2O2Si. The van der Waals surface area contributed by atoms with E-state index in [1.165, 1.54) is 0 Å². The standard InChI is InChI=1S/C8H22N2O2Si/c1-8(10)13(11-2,12-3)7-5-4-6-9/h8H,4-7,9-10H2,1-3H3. The highest BCUT2D eigenvalue weighted by molar-refractivity contribution is 6.68. The highest BCUT2D eigenvalue weighted by Crippen LogP contribution is 2.18. The quantitative estimate of drug-likeness (QED) is 0.466. The van der Waals surface area contributed by atoms with Crippen LogP contribution in [0.4, 0.5) is 0 Å². The molecule has 4 N–H and O–H groups in total. The Bertz CT molecular complexity index is 129. The van der Waals surface area contributed by atoms with Crippen molar-refractivity contribution in [2.24, 2.45) is 11.5 Å². The second-order valence-corrected chi connectivity index (χ2v) is 7.11. The molecule has 0 fully saturated rings. The van der Waals surface area contributed by atoms with E-state index in [-0.39, 0.29) is 5.67 Å². The molecule has 0 spiro atoms. The normalized spacial score (nSPS) is 14.5. The third kappa shape index (κ3) is 3.74. The van der Waals surface area contributed by atoms with Gasteiger partial charge in [-0.25, -0.2) is 0 Å². The molecule has 0 amide bonds. The van der Waals surface area contributed by atoms with Crippen LogP contribution in [0.2, 0.25) is 6.04 Å². The summed E-state index contributed by atoms with van der Waals surface area (Å²) in [5.41, 5.74) is 11.3. The van der Waals surface area contributed by atoms with Crippen LogP contribution >= 0.6 is 0 Å². The molecule has 0 aliphatic carbocycles. The fraction of sp³-hybridized carbons (Fsp3) is 1.00. The van der Waals surface area contributed by atoms with Crippen LogP contribution in [0.3, 0.4) is 0 Å². The van der Waals surface area contributed by atoms with Crippen molar-refractivity contribution in [2.75, 3.05) is 20.8 Å². The monoisotopic (exact) mass is 206 g/mol. The molecule has 0 aliphatic heterocycles. The van der Waals surface area contributed by atoms with Gasteiger partial charge in [-0.1, -0.05) is 6.42 Å². The van der Waals surface area contributed by atoms with Gasteiger partial charge in [0.2, 0.25) is 0 Å². The minimum atomic E-state index is -2.14. The van der Waals surface area contributed by atoms with Crippen LogP contribution in [-0.4, -0.2) is 35.0 Å². The van der Waals surface area contributed by atoms with Gasteiger partial charge in [-0.3, -0.25) is 0 Å². The molecule has 5 heteroatoms. The first-order chi connectivity index (χ1) is 6.13. The third-order valence-corrected chi connectivity index (χ3v) is 6.18. The molecule has 1 atom stereocenters. The Balaban J connectivity index is 4.06. The van der Waals surface area contributed by atoms with Crippen molar-refractivity contribution in [1.29, 1.82) is 0 Å². The van der Waals surface area contributed by atoms with Crippen molar-refractivity contribution in [1.82, 2.24) is 0 Å². The van der Waals surface area contributed by atoms with Gasteiger partial charge < -0.3 is 20.3 Å². The predicted molar refractivity (Wildman–Crippen MR) is 56.5 cm³/mol. The van der Waals surface area contributed by atoms with E-state index < -0.39 is 8.56 Å². The molecule has 0 aromatic carbocycles. The lowest BCUT2D eigenvalue weighted by Gasteiger charge is -2.30. The summed E-state index contributed by atoms with van der Waals surface area (Å²) in [6.45, 7) is 2.67. The summed E-state index contributed by atoms with van der Waals surface area (Å²) in [4.78, 5) is 0. The molecule has 0 bridgehead atoms. The summed E-state index contributed by atoms with van der Waals surface area (Å²) in [6.07, 6.45) is 2.04. The maximum Gasteiger partial charge on any atom is 0.354 e. The smallest absolute Gasteiger partial charge is 0.354 e. The number of hydrogen-bond donors (Lipinski definition) is 2. The fourth-order valence-corrected chi connectivity index (χ4v) is 3.92. The molecule has 0 aromatic heterocycles. The zero-order valence-corrected chi connectivity index (χ0v) is 9.88. The first kappa shape index (κ1) is 13.1. The Labute approximate surface area is 81.8 Å². The van der Waals surface area contributed by atoms with Gasteiger partial charge in [0.15, 0.2) is 0 Å². The Morgan fingerprint density at radius 3 is 2.08 bits per heavy atom. The first-order valence-corrected chi connectivity index (χ1v) is 6.79. The van der Waals surface area contributed by atoms with Crippen LogP contribution in [-0.2, 0) is 8.85 Å². The minimum absolute atomic E-state index is 0.000254. The van der Waals surface area contributed by atoms with Gasteiger partial charge in [0.1, 0.15) is 0 Å². The lowest BCUT2D eigenvalue weighted by atomic mass is 10.3. The Hall–Kier alpha value is 0.0569. The van der Waals surface area contributed by atoms with Crippen molar-refractivity contribution >= 4 is 8.56 Å². The van der Waals surface area contributed by atoms with E-state index in [0.29, 0.717) is 0 Å². The summed E-state index contributed by atoms with van der Waals surface area (Å²) in [6, 6.07) is 0.925. The summed E-state index contributed by atoms with van der Waals surface area (Å²) in [7, 11) is 1.23. The number of hydrogen-bond acceptors (Lipinski definition) is 4. The zero-order chi connectivity index (χ0) is 10.3. The largest absolute Gasteiger partial charge is 0.397 e. The molecule has 0 radical (unpaired) electrons. The van der Waals surface area contributed by atoms with Crippen molar-refractivity contribution < 1.29 is 8.85 Å². The van der Waals surface area contributed by atoms with Crippen molar-refractivity contribution in [3.8, 4) is 0 Å². The molecule has 0 heterocycles. The number of nitrogens with two attached hydrogens (primary N) is 2. The van der Waals surface area contributed by atoms with Gasteiger partial charge in [0.25, 0.3) is 0 Å². The highest BCUT2D eigenvalue weighted by Gasteiger charge is 2.39. The highest BCUT2D eigenvalue weighted by atomic mass is 28.4. The van der Waals surface area contributed by atoms with E-state index in [2.05, 4.69) is 0 Å². The van der Waals surface area contributed by atoms with Crippen LogP contribution < -0.4 is 11.5 Å². The van der Waals surface area contributed by atoms with Crippen LogP contribution in [0.15, 0.2) is 0 Å². The zero-order valence-electron chi connectivity index (χ0n) is 8.88. The summed E-state index contributed by atoms with van der Waals surface area (Å²) >= 11 is 0. The molecule has 80 valence electrons. The molecule has 0 saturated carbocycles. The van der Waals surface area contributed by atoms with Gasteiger partial charge in [-0.15, -0.1) is 0 Å². The van der Waals surface area contributed by atoms with Gasteiger partial charge in [-0.2, -0.15) is 0 Å². The maximum absolute atomic E-state index is 5.86. The van der Waals surface area contributed by atoms with Gasteiger partial charge in [0.05, 0.1) is 0 Å². The second kappa shape index (κ2) is 6.50. The maximum atomic E-state index is 5.86. The lowest BCUT2D eigenvalue weighted by Crippen LogP contribution is -2.55. The summed E-state index contributed by atoms with van der Waals surface area (Å²) in [5.74, 6) is 0. The Morgan fingerprint density at radius 2 is 1.77 bits per heavy atom. The van der Waals surface area contributed by atoms with Gasteiger partial charge >= 0.3 is 8.56 Å². The minimum Gasteiger partial charge on any atom is -0.397 e. The Kier molecular flexibility index (Phi) is 6.53. The molecule has 0 rings (SSSR count). The second-order valence-electron chi connectivity index (χ2n) is 3.25. The summed E-state index contributed by atoms with van der Waals surface area (Å²) in [5, 5.41) is 0. The predicted octanol–water partition coefficient (Wildman–Crippen LogP) is 0.347. The molecular weight excluding hydrogens is 184 g/mol. The molecule has 0 aromatic rings. The third-order valence-electron chi connectivity index (χ3n) is 2.36. The van der Waals surface area contributed by atoms with Gasteiger partial charge in [0, 0.05) is 19.9 Å². The number of rotatable bonds is 7. The molecule has 0 aliphatic rings. The van der Waals surface area contributed by atoms with Gasteiger partial charge in [-0.05, 0) is 25.9 Å². The molecule has 1 unspecified atom stereocenters. The first-order valence-electron chi connectivity index (χ1n) is 4.69. The topological polar surface area (TPSA) is 70.5 Å². The van der Waals surface area contributed by atoms with Crippen LogP contribution in [0.25, 0.3) is 0 Å². The van der Waals surface area contributed by atoms with Crippen molar-refractivity contribution in [3.05, 3.63) is 0 Å². The van der Waals surface area contributed by atoms with E-state index in [4.69, 9.17) is 20.3 Å². The number of unbranched alkanes of at least 4 members (excludes halogenated alkanes) is 1. The van der Waals surface area contributed by atoms with E-state index in [9.17, 15) is 0 Å². The lowest BCUT2D eigenvalue weighted by molar-refractivity contribution is 0.230. The van der Waals surface area contributed by atoms with Crippen LogP contribution in [0.1, 0.15) is 19.8 Å². The summed E-state index contributed by atoms with van der Waals surface area (Å²) < 4.78 is 10.9. The molecule has 0 saturated heterocycles. The fourth-order valence-electron chi connectivity index (χ4n) is 1.40. The Morgan fingerprint density at radius 1 is 1.23 bits per heavy atom. The van der Waals surface area contributed by atoms with E-state index in [0.717, 1.165) is 25.4 Å². The molecule has 4 nitrogen and oxygen atoms in total. The van der Waals surface area contributed by atoms with E-state index in [1.54, 1.807) is 14.2 Å². The van der Waals surface area contributed by atoms with E-state index >= 15 is 0 Å². The molecule has 13 heavy (non-hydrogen) atoms. The average Bonchev–Trinajstić information content (AvgIpc) is 2.13.